The van der Waals surface area contributed by atoms with Gasteiger partial charge in [-0.25, -0.2) is 0 Å². The molecule has 0 saturated carbocycles. The van der Waals surface area contributed by atoms with Crippen LogP contribution in [0, 0.1) is 5.92 Å². The van der Waals surface area contributed by atoms with Crippen molar-refractivity contribution in [2.45, 2.75) is 45.2 Å². The monoisotopic (exact) mass is 328 g/mol. The Morgan fingerprint density at radius 3 is 2.76 bits per heavy atom. The maximum absolute atomic E-state index is 12.6. The number of hydrogen-bond acceptors (Lipinski definition) is 2. The highest BCUT2D eigenvalue weighted by Crippen LogP contribution is 2.35. The molecule has 1 aliphatic rings. The maximum atomic E-state index is 12.6. The van der Waals surface area contributed by atoms with Crippen molar-refractivity contribution < 1.29 is 4.79 Å². The molecule has 21 heavy (non-hydrogen) atoms. The summed E-state index contributed by atoms with van der Waals surface area (Å²) in [6.45, 7) is 4.83. The number of nitrogens with zero attached hydrogens (tertiary/aromatic N) is 1. The third-order valence-electron chi connectivity index (χ3n) is 4.41. The topological polar surface area (TPSA) is 46.3 Å². The summed E-state index contributed by atoms with van der Waals surface area (Å²) in [6, 6.07) is 5.21. The summed E-state index contributed by atoms with van der Waals surface area (Å²) in [5, 5.41) is 1.06. The summed E-state index contributed by atoms with van der Waals surface area (Å²) >= 11 is 12.1. The summed E-state index contributed by atoms with van der Waals surface area (Å²) in [7, 11) is 0. The van der Waals surface area contributed by atoms with E-state index in [0.29, 0.717) is 10.0 Å². The smallest absolute Gasteiger partial charge is 0.240 e. The summed E-state index contributed by atoms with van der Waals surface area (Å²) in [5.74, 6) is 0.227. The number of rotatable bonds is 4. The number of halogens is 2. The van der Waals surface area contributed by atoms with Crippen LogP contribution in [0.2, 0.25) is 10.0 Å². The molecular formula is C16H22Cl2N2O. The van der Waals surface area contributed by atoms with Crippen LogP contribution in [-0.2, 0) is 4.79 Å². The van der Waals surface area contributed by atoms with Gasteiger partial charge in [-0.1, -0.05) is 49.5 Å². The number of carbonyl (C=O) groups excluding carboxylic acids is 1. The third kappa shape index (κ3) is 3.53. The Hall–Kier alpha value is -0.770. The fourth-order valence-corrected chi connectivity index (χ4v) is 3.09. The molecule has 1 amide bonds. The summed E-state index contributed by atoms with van der Waals surface area (Å²) < 4.78 is 0. The minimum atomic E-state index is -0.432. The number of amides is 1. The average Bonchev–Trinajstić information content (AvgIpc) is 2.97. The third-order valence-corrected chi connectivity index (χ3v) is 5.15. The van der Waals surface area contributed by atoms with Gasteiger partial charge in [0.05, 0.1) is 22.1 Å². The highest BCUT2D eigenvalue weighted by molar-refractivity contribution is 6.42. The van der Waals surface area contributed by atoms with Crippen molar-refractivity contribution >= 4 is 29.1 Å². The number of carbonyl (C=O) groups is 1. The molecule has 0 bridgehead atoms. The molecule has 0 radical (unpaired) electrons. The van der Waals surface area contributed by atoms with Crippen molar-refractivity contribution in [1.29, 1.82) is 0 Å². The molecule has 1 fully saturated rings. The Balaban J connectivity index is 2.20. The van der Waals surface area contributed by atoms with Crippen LogP contribution in [0.25, 0.3) is 0 Å². The fraction of sp³-hybridized carbons (Fsp3) is 0.562. The molecule has 0 spiro atoms. The van der Waals surface area contributed by atoms with E-state index in [9.17, 15) is 4.79 Å². The van der Waals surface area contributed by atoms with Gasteiger partial charge in [-0.05, 0) is 36.5 Å². The molecule has 3 atom stereocenters. The molecule has 2 N–H and O–H groups in total. The minimum absolute atomic E-state index is 0.0397. The molecule has 1 aliphatic heterocycles. The highest BCUT2D eigenvalue weighted by atomic mass is 35.5. The lowest BCUT2D eigenvalue weighted by Crippen LogP contribution is -2.46. The minimum Gasteiger partial charge on any atom is -0.334 e. The van der Waals surface area contributed by atoms with Gasteiger partial charge in [0.15, 0.2) is 0 Å². The van der Waals surface area contributed by atoms with Gasteiger partial charge in [0.2, 0.25) is 5.91 Å². The van der Waals surface area contributed by atoms with Crippen molar-refractivity contribution in [3.63, 3.8) is 0 Å². The van der Waals surface area contributed by atoms with E-state index in [4.69, 9.17) is 28.9 Å². The normalized spacial score (nSPS) is 21.4. The highest BCUT2D eigenvalue weighted by Gasteiger charge is 2.34. The zero-order valence-electron chi connectivity index (χ0n) is 12.5. The Morgan fingerprint density at radius 2 is 2.14 bits per heavy atom. The second kappa shape index (κ2) is 6.99. The second-order valence-electron chi connectivity index (χ2n) is 5.77. The molecule has 2 rings (SSSR count). The molecule has 0 aliphatic carbocycles. The number of likely N-dealkylation sites (tertiary alicyclic amines) is 1. The van der Waals surface area contributed by atoms with Crippen molar-refractivity contribution in [3.05, 3.63) is 33.8 Å². The first kappa shape index (κ1) is 16.6. The molecule has 1 aromatic rings. The van der Waals surface area contributed by atoms with Crippen LogP contribution in [0.1, 0.15) is 44.7 Å². The zero-order chi connectivity index (χ0) is 15.6. The Kier molecular flexibility index (Phi) is 5.53. The SMILES string of the molecule is CCC(C)[C@H](N)C(=O)N1CCCC1c1ccc(Cl)c(Cl)c1. The predicted octanol–water partition coefficient (Wildman–Crippen LogP) is 4.03. The van der Waals surface area contributed by atoms with Crippen molar-refractivity contribution in [3.8, 4) is 0 Å². The molecule has 5 heteroatoms. The van der Waals surface area contributed by atoms with Crippen molar-refractivity contribution in [2.24, 2.45) is 11.7 Å². The number of hydrogen-bond donors (Lipinski definition) is 1. The van der Waals surface area contributed by atoms with Crippen molar-refractivity contribution in [2.75, 3.05) is 6.54 Å². The van der Waals surface area contributed by atoms with Gasteiger partial charge in [-0.3, -0.25) is 4.79 Å². The quantitative estimate of drug-likeness (QED) is 0.906. The maximum Gasteiger partial charge on any atom is 0.240 e. The van der Waals surface area contributed by atoms with Crippen LogP contribution >= 0.6 is 23.2 Å². The second-order valence-corrected chi connectivity index (χ2v) is 6.59. The molecule has 116 valence electrons. The van der Waals surface area contributed by atoms with Gasteiger partial charge < -0.3 is 10.6 Å². The van der Waals surface area contributed by atoms with E-state index in [1.807, 2.05) is 24.0 Å². The lowest BCUT2D eigenvalue weighted by Gasteiger charge is -2.30. The van der Waals surface area contributed by atoms with Crippen LogP contribution in [0.15, 0.2) is 18.2 Å². The van der Waals surface area contributed by atoms with E-state index in [1.54, 1.807) is 6.07 Å². The van der Waals surface area contributed by atoms with Crippen LogP contribution < -0.4 is 5.73 Å². The number of nitrogens with two attached hydrogens (primary N) is 1. The predicted molar refractivity (Wildman–Crippen MR) is 87.6 cm³/mol. The Labute approximate surface area is 136 Å². The number of benzene rings is 1. The van der Waals surface area contributed by atoms with Crippen LogP contribution in [0.3, 0.4) is 0 Å². The first-order chi connectivity index (χ1) is 9.95. The van der Waals surface area contributed by atoms with E-state index < -0.39 is 6.04 Å². The lowest BCUT2D eigenvalue weighted by atomic mass is 9.97. The van der Waals surface area contributed by atoms with Crippen LogP contribution in [0.4, 0.5) is 0 Å². The van der Waals surface area contributed by atoms with E-state index in [1.165, 1.54) is 0 Å². The first-order valence-electron chi connectivity index (χ1n) is 7.46. The van der Waals surface area contributed by atoms with Gasteiger partial charge in [0.25, 0.3) is 0 Å². The summed E-state index contributed by atoms with van der Waals surface area (Å²) in [5.41, 5.74) is 7.14. The molecule has 1 heterocycles. The lowest BCUT2D eigenvalue weighted by molar-refractivity contribution is -0.134. The van der Waals surface area contributed by atoms with Gasteiger partial charge in [-0.2, -0.15) is 0 Å². The molecule has 3 nitrogen and oxygen atoms in total. The van der Waals surface area contributed by atoms with Crippen LogP contribution in [-0.4, -0.2) is 23.4 Å². The zero-order valence-corrected chi connectivity index (χ0v) is 14.0. The molecular weight excluding hydrogens is 307 g/mol. The van der Waals surface area contributed by atoms with Crippen LogP contribution in [0.5, 0.6) is 0 Å². The Morgan fingerprint density at radius 1 is 1.43 bits per heavy atom. The molecule has 1 aromatic carbocycles. The van der Waals surface area contributed by atoms with Gasteiger partial charge >= 0.3 is 0 Å². The van der Waals surface area contributed by atoms with Gasteiger partial charge in [0.1, 0.15) is 0 Å². The summed E-state index contributed by atoms with van der Waals surface area (Å²) in [4.78, 5) is 14.5. The molecule has 0 aromatic heterocycles. The Bertz CT molecular complexity index is 521. The molecule has 1 saturated heterocycles. The van der Waals surface area contributed by atoms with Crippen molar-refractivity contribution in [1.82, 2.24) is 4.90 Å². The first-order valence-corrected chi connectivity index (χ1v) is 8.22. The van der Waals surface area contributed by atoms with E-state index in [0.717, 1.165) is 31.4 Å². The summed E-state index contributed by atoms with van der Waals surface area (Å²) in [6.07, 6.45) is 2.83. The fourth-order valence-electron chi connectivity index (χ4n) is 2.79. The molecule has 2 unspecified atom stereocenters. The standard InChI is InChI=1S/C16H22Cl2N2O/c1-3-10(2)15(19)16(21)20-8-4-5-14(20)11-6-7-12(17)13(18)9-11/h6-7,9-10,14-15H,3-5,8,19H2,1-2H3/t10?,14?,15-/m0/s1. The largest absolute Gasteiger partial charge is 0.334 e. The van der Waals surface area contributed by atoms with E-state index >= 15 is 0 Å². The van der Waals surface area contributed by atoms with E-state index in [2.05, 4.69) is 6.92 Å². The van der Waals surface area contributed by atoms with Gasteiger partial charge in [-0.15, -0.1) is 0 Å². The average molecular weight is 329 g/mol. The van der Waals surface area contributed by atoms with E-state index in [-0.39, 0.29) is 17.9 Å². The van der Waals surface area contributed by atoms with Gasteiger partial charge in [0, 0.05) is 6.54 Å².